The van der Waals surface area contributed by atoms with Gasteiger partial charge in [-0.2, -0.15) is 0 Å². The van der Waals surface area contributed by atoms with Gasteiger partial charge < -0.3 is 14.2 Å². The van der Waals surface area contributed by atoms with Crippen molar-refractivity contribution >= 4 is 11.8 Å². The highest BCUT2D eigenvalue weighted by molar-refractivity contribution is 5.94. The van der Waals surface area contributed by atoms with E-state index in [4.69, 9.17) is 14.2 Å². The minimum absolute atomic E-state index is 0.0738. The number of benzene rings is 1. The van der Waals surface area contributed by atoms with Gasteiger partial charge in [-0.3, -0.25) is 9.59 Å². The van der Waals surface area contributed by atoms with Crippen LogP contribution in [0.1, 0.15) is 18.4 Å². The van der Waals surface area contributed by atoms with E-state index in [0.29, 0.717) is 17.9 Å². The molecule has 21 heavy (non-hydrogen) atoms. The van der Waals surface area contributed by atoms with Gasteiger partial charge in [0.2, 0.25) is 0 Å². The Labute approximate surface area is 123 Å². The molecule has 2 aliphatic rings. The Bertz CT molecular complexity index is 580. The molecule has 0 aromatic heterocycles. The van der Waals surface area contributed by atoms with Crippen molar-refractivity contribution in [3.63, 3.8) is 0 Å². The van der Waals surface area contributed by atoms with E-state index in [1.165, 1.54) is 0 Å². The fraction of sp³-hybridized carbons (Fsp3) is 0.500. The lowest BCUT2D eigenvalue weighted by atomic mass is 10.1. The van der Waals surface area contributed by atoms with E-state index in [9.17, 15) is 9.59 Å². The number of carbonyl (C=O) groups excluding carboxylic acids is 2. The molecule has 0 amide bonds. The number of rotatable bonds is 5. The lowest BCUT2D eigenvalue weighted by Gasteiger charge is -2.11. The van der Waals surface area contributed by atoms with Crippen LogP contribution in [0.2, 0.25) is 0 Å². The highest BCUT2D eigenvalue weighted by atomic mass is 16.5. The highest BCUT2D eigenvalue weighted by Crippen LogP contribution is 2.56. The highest BCUT2D eigenvalue weighted by Gasteiger charge is 2.62. The van der Waals surface area contributed by atoms with Crippen LogP contribution >= 0.6 is 0 Å². The van der Waals surface area contributed by atoms with Crippen molar-refractivity contribution in [2.75, 3.05) is 14.2 Å². The van der Waals surface area contributed by atoms with E-state index >= 15 is 0 Å². The molecule has 0 aliphatic heterocycles. The minimum atomic E-state index is -0.268. The molecular formula is C16H18O5. The number of Topliss-reactive ketones (excluding diaryl/α,β-unsaturated/α-hetero) is 1. The van der Waals surface area contributed by atoms with E-state index in [0.717, 1.165) is 12.0 Å². The SMILES string of the molecule is COc1ccc(COC(=O)[C@@H]2[C@H]3CCC(=O)[C@H]32)c(OC)c1. The summed E-state index contributed by atoms with van der Waals surface area (Å²) < 4.78 is 15.7. The smallest absolute Gasteiger partial charge is 0.310 e. The maximum Gasteiger partial charge on any atom is 0.310 e. The lowest BCUT2D eigenvalue weighted by Crippen LogP contribution is -2.13. The second-order valence-electron chi connectivity index (χ2n) is 5.51. The van der Waals surface area contributed by atoms with Gasteiger partial charge in [0.1, 0.15) is 23.9 Å². The van der Waals surface area contributed by atoms with Crippen molar-refractivity contribution in [2.24, 2.45) is 17.8 Å². The molecule has 0 radical (unpaired) electrons. The summed E-state index contributed by atoms with van der Waals surface area (Å²) in [4.78, 5) is 23.6. The Balaban J connectivity index is 1.60. The fourth-order valence-electron chi connectivity index (χ4n) is 3.19. The minimum Gasteiger partial charge on any atom is -0.497 e. The summed E-state index contributed by atoms with van der Waals surface area (Å²) in [6, 6.07) is 5.35. The molecule has 1 aromatic rings. The zero-order valence-corrected chi connectivity index (χ0v) is 12.1. The van der Waals surface area contributed by atoms with Crippen LogP contribution in [0.15, 0.2) is 18.2 Å². The summed E-state index contributed by atoms with van der Waals surface area (Å²) in [5, 5.41) is 0. The number of hydrogen-bond acceptors (Lipinski definition) is 5. The van der Waals surface area contributed by atoms with Gasteiger partial charge in [0.25, 0.3) is 0 Å². The maximum absolute atomic E-state index is 12.0. The first kappa shape index (κ1) is 13.9. The van der Waals surface area contributed by atoms with Crippen LogP contribution in [0, 0.1) is 17.8 Å². The van der Waals surface area contributed by atoms with Gasteiger partial charge in [-0.05, 0) is 24.5 Å². The molecule has 5 nitrogen and oxygen atoms in total. The largest absolute Gasteiger partial charge is 0.497 e. The normalized spacial score (nSPS) is 26.2. The van der Waals surface area contributed by atoms with Crippen molar-refractivity contribution in [3.05, 3.63) is 23.8 Å². The molecular weight excluding hydrogens is 272 g/mol. The van der Waals surface area contributed by atoms with Gasteiger partial charge in [0.15, 0.2) is 0 Å². The number of fused-ring (bicyclic) bond motifs is 1. The third kappa shape index (κ3) is 2.48. The van der Waals surface area contributed by atoms with Crippen LogP contribution in [0.3, 0.4) is 0 Å². The van der Waals surface area contributed by atoms with Crippen molar-refractivity contribution in [1.29, 1.82) is 0 Å². The molecule has 5 heteroatoms. The summed E-state index contributed by atoms with van der Waals surface area (Å²) >= 11 is 0. The molecule has 3 rings (SSSR count). The van der Waals surface area contributed by atoms with Gasteiger partial charge in [-0.25, -0.2) is 0 Å². The third-order valence-corrected chi connectivity index (χ3v) is 4.40. The van der Waals surface area contributed by atoms with Crippen molar-refractivity contribution in [2.45, 2.75) is 19.4 Å². The average molecular weight is 290 g/mol. The lowest BCUT2D eigenvalue weighted by molar-refractivity contribution is -0.148. The van der Waals surface area contributed by atoms with Crippen LogP contribution in [-0.4, -0.2) is 26.0 Å². The predicted octanol–water partition coefficient (Wildman–Crippen LogP) is 1.97. The topological polar surface area (TPSA) is 61.8 Å². The molecule has 0 unspecified atom stereocenters. The molecule has 0 N–H and O–H groups in total. The quantitative estimate of drug-likeness (QED) is 0.776. The second-order valence-corrected chi connectivity index (χ2v) is 5.51. The van der Waals surface area contributed by atoms with E-state index in [1.807, 2.05) is 6.07 Å². The summed E-state index contributed by atoms with van der Waals surface area (Å²) in [6.45, 7) is 0.149. The Kier molecular flexibility index (Phi) is 3.57. The second kappa shape index (κ2) is 5.39. The molecule has 3 atom stereocenters. The molecule has 0 heterocycles. The number of ether oxygens (including phenoxy) is 3. The van der Waals surface area contributed by atoms with Crippen LogP contribution in [0.5, 0.6) is 11.5 Å². The first-order valence-corrected chi connectivity index (χ1v) is 7.06. The molecule has 0 bridgehead atoms. The predicted molar refractivity (Wildman–Crippen MR) is 74.1 cm³/mol. The summed E-state index contributed by atoms with van der Waals surface area (Å²) in [6.07, 6.45) is 1.44. The first-order chi connectivity index (χ1) is 10.2. The number of carbonyl (C=O) groups is 2. The van der Waals surface area contributed by atoms with Crippen molar-refractivity contribution in [3.8, 4) is 11.5 Å². The molecule has 0 saturated heterocycles. The van der Waals surface area contributed by atoms with E-state index in [2.05, 4.69) is 0 Å². The van der Waals surface area contributed by atoms with Gasteiger partial charge >= 0.3 is 5.97 Å². The van der Waals surface area contributed by atoms with Crippen molar-refractivity contribution in [1.82, 2.24) is 0 Å². The Morgan fingerprint density at radius 3 is 2.71 bits per heavy atom. The van der Waals surface area contributed by atoms with Gasteiger partial charge in [0.05, 0.1) is 20.1 Å². The van der Waals surface area contributed by atoms with Crippen molar-refractivity contribution < 1.29 is 23.8 Å². The number of esters is 1. The summed E-state index contributed by atoms with van der Waals surface area (Å²) in [7, 11) is 3.14. The van der Waals surface area contributed by atoms with Crippen LogP contribution < -0.4 is 9.47 Å². The molecule has 112 valence electrons. The van der Waals surface area contributed by atoms with E-state index < -0.39 is 0 Å². The third-order valence-electron chi connectivity index (χ3n) is 4.40. The molecule has 2 fully saturated rings. The maximum atomic E-state index is 12.0. The molecule has 2 saturated carbocycles. The number of ketones is 1. The van der Waals surface area contributed by atoms with E-state index in [-0.39, 0.29) is 36.1 Å². The standard InChI is InChI=1S/C16H18O5/c1-19-10-4-3-9(13(7-10)20-2)8-21-16(18)15-11-5-6-12(17)14(11)15/h3-4,7,11,14-15H,5-6,8H2,1-2H3/t11-,14-,15+/m0/s1. The van der Waals surface area contributed by atoms with Gasteiger partial charge in [-0.15, -0.1) is 0 Å². The van der Waals surface area contributed by atoms with Crippen LogP contribution in [0.25, 0.3) is 0 Å². The van der Waals surface area contributed by atoms with Gasteiger partial charge in [0, 0.05) is 24.0 Å². The summed E-state index contributed by atoms with van der Waals surface area (Å²) in [5.41, 5.74) is 0.781. The zero-order chi connectivity index (χ0) is 15.0. The Morgan fingerprint density at radius 2 is 2.10 bits per heavy atom. The molecule has 2 aliphatic carbocycles. The average Bonchev–Trinajstić information content (AvgIpc) is 3.13. The summed E-state index contributed by atoms with van der Waals surface area (Å²) in [5.74, 6) is 1.19. The fourth-order valence-corrected chi connectivity index (χ4v) is 3.19. The monoisotopic (exact) mass is 290 g/mol. The molecule has 1 aromatic carbocycles. The van der Waals surface area contributed by atoms with Gasteiger partial charge in [-0.1, -0.05) is 0 Å². The number of methoxy groups -OCH3 is 2. The van der Waals surface area contributed by atoms with E-state index in [1.54, 1.807) is 26.4 Å². The first-order valence-electron chi connectivity index (χ1n) is 7.06. The molecule has 0 spiro atoms. The Morgan fingerprint density at radius 1 is 1.29 bits per heavy atom. The number of hydrogen-bond donors (Lipinski definition) is 0. The zero-order valence-electron chi connectivity index (χ0n) is 12.1. The van der Waals surface area contributed by atoms with Crippen LogP contribution in [-0.2, 0) is 20.9 Å². The Hall–Kier alpha value is -2.04. The van der Waals surface area contributed by atoms with Crippen LogP contribution in [0.4, 0.5) is 0 Å².